The van der Waals surface area contributed by atoms with Gasteiger partial charge in [0.25, 0.3) is 0 Å². The van der Waals surface area contributed by atoms with Crippen LogP contribution in [0.3, 0.4) is 0 Å². The Morgan fingerprint density at radius 3 is 2.71 bits per heavy atom. The molecular weight excluding hydrogens is 392 g/mol. The molecule has 2 heterocycles. The minimum atomic E-state index is -2.37. The monoisotopic (exact) mass is 416 g/mol. The minimum absolute atomic E-state index is 0.106. The summed E-state index contributed by atoms with van der Waals surface area (Å²) in [7, 11) is 0. The van der Waals surface area contributed by atoms with Gasteiger partial charge in [0.05, 0.1) is 24.3 Å². The van der Waals surface area contributed by atoms with Gasteiger partial charge in [0.2, 0.25) is 5.79 Å². The first-order chi connectivity index (χ1) is 14.8. The van der Waals surface area contributed by atoms with Gasteiger partial charge in [-0.15, -0.1) is 0 Å². The molecule has 4 N–H and O–H groups in total. The van der Waals surface area contributed by atoms with Gasteiger partial charge < -0.3 is 20.2 Å². The molecule has 1 atom stereocenters. The standard InChI is InChI=1S/C24H24N4O3/c1-15(19-6-4-5-18(9-19)11-24(30,31)17(3)29)28-14-25-23-8-7-20(10-22(23)16(28)2)21-12-26-27-13-21/h4-10,12-15,29-31H,2-3,11H2,1H3,(H,26,27)/t15-/m1/s1. The summed E-state index contributed by atoms with van der Waals surface area (Å²) in [6, 6.07) is 13.3. The summed E-state index contributed by atoms with van der Waals surface area (Å²) in [6.45, 7) is 9.55. The zero-order valence-corrected chi connectivity index (χ0v) is 17.2. The number of aliphatic hydroxyl groups is 3. The minimum Gasteiger partial charge on any atom is -0.507 e. The molecule has 7 heteroatoms. The van der Waals surface area contributed by atoms with E-state index in [1.54, 1.807) is 18.6 Å². The second-order valence-electron chi connectivity index (χ2n) is 7.68. The van der Waals surface area contributed by atoms with Crippen LogP contribution in [0.25, 0.3) is 16.8 Å². The van der Waals surface area contributed by atoms with Crippen LogP contribution in [0.5, 0.6) is 0 Å². The highest BCUT2D eigenvalue weighted by Crippen LogP contribution is 2.38. The van der Waals surface area contributed by atoms with Gasteiger partial charge in [-0.05, 0) is 35.7 Å². The number of hydrogen-bond acceptors (Lipinski definition) is 6. The largest absolute Gasteiger partial charge is 0.507 e. The van der Waals surface area contributed by atoms with Gasteiger partial charge in [-0.1, -0.05) is 43.5 Å². The average Bonchev–Trinajstić information content (AvgIpc) is 3.28. The molecule has 4 rings (SSSR count). The highest BCUT2D eigenvalue weighted by molar-refractivity contribution is 5.88. The van der Waals surface area contributed by atoms with Gasteiger partial charge in [0.15, 0.2) is 0 Å². The highest BCUT2D eigenvalue weighted by Gasteiger charge is 2.28. The molecular formula is C24H24N4O3. The molecule has 0 fully saturated rings. The van der Waals surface area contributed by atoms with E-state index in [4.69, 9.17) is 0 Å². The molecule has 0 aliphatic carbocycles. The average molecular weight is 416 g/mol. The lowest BCUT2D eigenvalue weighted by Crippen LogP contribution is -2.33. The predicted molar refractivity (Wildman–Crippen MR) is 121 cm³/mol. The number of fused-ring (bicyclic) bond motifs is 1. The van der Waals surface area contributed by atoms with Gasteiger partial charge >= 0.3 is 0 Å². The number of H-pyrrole nitrogens is 1. The molecule has 3 aromatic rings. The Hall–Kier alpha value is -3.68. The summed E-state index contributed by atoms with van der Waals surface area (Å²) in [4.78, 5) is 6.57. The van der Waals surface area contributed by atoms with Crippen molar-refractivity contribution >= 4 is 17.7 Å². The maximum absolute atomic E-state index is 9.93. The van der Waals surface area contributed by atoms with Crippen molar-refractivity contribution in [2.24, 2.45) is 4.99 Å². The maximum Gasteiger partial charge on any atom is 0.226 e. The second kappa shape index (κ2) is 7.86. The molecule has 1 aliphatic heterocycles. The van der Waals surface area contributed by atoms with Gasteiger partial charge in [-0.3, -0.25) is 5.10 Å². The summed E-state index contributed by atoms with van der Waals surface area (Å²) in [5.74, 6) is -3.06. The van der Waals surface area contributed by atoms with Crippen LogP contribution in [-0.2, 0) is 6.42 Å². The van der Waals surface area contributed by atoms with Crippen molar-refractivity contribution in [2.45, 2.75) is 25.2 Å². The fourth-order valence-corrected chi connectivity index (χ4v) is 3.65. The third-order valence-electron chi connectivity index (χ3n) is 5.54. The van der Waals surface area contributed by atoms with Gasteiger partial charge in [-0.2, -0.15) is 5.10 Å². The number of aliphatic imine (C=N–C) groups is 1. The number of nitrogens with one attached hydrogen (secondary N) is 1. The Morgan fingerprint density at radius 2 is 2.00 bits per heavy atom. The zero-order chi connectivity index (χ0) is 22.2. The van der Waals surface area contributed by atoms with Crippen molar-refractivity contribution in [1.29, 1.82) is 0 Å². The van der Waals surface area contributed by atoms with Crippen molar-refractivity contribution in [1.82, 2.24) is 15.1 Å². The van der Waals surface area contributed by atoms with Crippen molar-refractivity contribution in [2.75, 3.05) is 0 Å². The normalized spacial score (nSPS) is 14.4. The van der Waals surface area contributed by atoms with Crippen LogP contribution in [0, 0.1) is 0 Å². The maximum atomic E-state index is 9.93. The topological polar surface area (TPSA) is 105 Å². The van der Waals surface area contributed by atoms with E-state index >= 15 is 0 Å². The lowest BCUT2D eigenvalue weighted by atomic mass is 9.97. The number of benzene rings is 2. The number of rotatable bonds is 6. The summed E-state index contributed by atoms with van der Waals surface area (Å²) >= 11 is 0. The molecule has 0 unspecified atom stereocenters. The first-order valence-electron chi connectivity index (χ1n) is 9.83. The highest BCUT2D eigenvalue weighted by atomic mass is 16.5. The first-order valence-corrected chi connectivity index (χ1v) is 9.83. The van der Waals surface area contributed by atoms with Crippen molar-refractivity contribution in [3.05, 3.63) is 90.5 Å². The first kappa shape index (κ1) is 20.6. The SMILES string of the molecule is C=C1c2cc(-c3cn[nH]c3)ccc2N=CN1[C@H](C)c1cccc(CC(O)(O)C(=C)O)c1. The molecule has 2 aromatic carbocycles. The van der Waals surface area contributed by atoms with Crippen LogP contribution >= 0.6 is 0 Å². The fraction of sp³-hybridized carbons (Fsp3) is 0.167. The molecule has 0 spiro atoms. The molecule has 0 saturated carbocycles. The van der Waals surface area contributed by atoms with E-state index in [2.05, 4.69) is 28.3 Å². The van der Waals surface area contributed by atoms with E-state index in [0.29, 0.717) is 5.56 Å². The molecule has 7 nitrogen and oxygen atoms in total. The Kier molecular flexibility index (Phi) is 5.22. The number of aromatic amines is 1. The summed E-state index contributed by atoms with van der Waals surface area (Å²) < 4.78 is 0. The van der Waals surface area contributed by atoms with Crippen molar-refractivity contribution in [3.8, 4) is 11.1 Å². The number of hydrogen-bond donors (Lipinski definition) is 4. The number of aromatic nitrogens is 2. The van der Waals surface area contributed by atoms with E-state index in [1.165, 1.54) is 0 Å². The predicted octanol–water partition coefficient (Wildman–Crippen LogP) is 4.08. The van der Waals surface area contributed by atoms with E-state index < -0.39 is 11.5 Å². The quantitative estimate of drug-likeness (QED) is 0.358. The summed E-state index contributed by atoms with van der Waals surface area (Å²) in [5, 5.41) is 36.1. The lowest BCUT2D eigenvalue weighted by molar-refractivity contribution is -0.149. The fourth-order valence-electron chi connectivity index (χ4n) is 3.65. The van der Waals surface area contributed by atoms with Crippen LogP contribution < -0.4 is 0 Å². The Labute approximate surface area is 180 Å². The Balaban J connectivity index is 1.60. The van der Waals surface area contributed by atoms with Gasteiger partial charge in [0, 0.05) is 29.4 Å². The third-order valence-corrected chi connectivity index (χ3v) is 5.54. The van der Waals surface area contributed by atoms with E-state index in [0.717, 1.165) is 33.6 Å². The second-order valence-corrected chi connectivity index (χ2v) is 7.68. The van der Waals surface area contributed by atoms with Crippen LogP contribution in [0.1, 0.15) is 29.7 Å². The molecule has 0 amide bonds. The van der Waals surface area contributed by atoms with E-state index in [9.17, 15) is 15.3 Å². The number of nitrogens with zero attached hydrogens (tertiary/aromatic N) is 3. The zero-order valence-electron chi connectivity index (χ0n) is 17.2. The van der Waals surface area contributed by atoms with Crippen LogP contribution in [-0.4, -0.2) is 42.5 Å². The van der Waals surface area contributed by atoms with Gasteiger partial charge in [-0.25, -0.2) is 4.99 Å². The molecule has 0 radical (unpaired) electrons. The molecule has 1 aliphatic rings. The summed E-state index contributed by atoms with van der Waals surface area (Å²) in [6.07, 6.45) is 5.20. The molecule has 31 heavy (non-hydrogen) atoms. The van der Waals surface area contributed by atoms with Crippen molar-refractivity contribution < 1.29 is 15.3 Å². The van der Waals surface area contributed by atoms with E-state index in [1.807, 2.05) is 54.4 Å². The summed E-state index contributed by atoms with van der Waals surface area (Å²) in [5.41, 5.74) is 6.21. The molecule has 0 bridgehead atoms. The molecule has 1 aromatic heterocycles. The van der Waals surface area contributed by atoms with E-state index in [-0.39, 0.29) is 12.5 Å². The van der Waals surface area contributed by atoms with Crippen LogP contribution in [0.2, 0.25) is 0 Å². The number of aliphatic hydroxyl groups excluding tert-OH is 1. The smallest absolute Gasteiger partial charge is 0.226 e. The Morgan fingerprint density at radius 1 is 1.19 bits per heavy atom. The van der Waals surface area contributed by atoms with Crippen LogP contribution in [0.4, 0.5) is 5.69 Å². The molecule has 0 saturated heterocycles. The molecule has 158 valence electrons. The lowest BCUT2D eigenvalue weighted by Gasteiger charge is -2.33. The van der Waals surface area contributed by atoms with Gasteiger partial charge in [0.1, 0.15) is 5.76 Å². The van der Waals surface area contributed by atoms with Crippen LogP contribution in [0.15, 0.2) is 78.8 Å². The Bertz CT molecular complexity index is 1170. The van der Waals surface area contributed by atoms with Crippen molar-refractivity contribution in [3.63, 3.8) is 0 Å². The third kappa shape index (κ3) is 4.01.